The lowest BCUT2D eigenvalue weighted by molar-refractivity contribution is -0.124. The minimum absolute atomic E-state index is 0.288. The number of hydrogen-bond acceptors (Lipinski definition) is 4. The van der Waals surface area contributed by atoms with E-state index in [1.165, 1.54) is 0 Å². The van der Waals surface area contributed by atoms with Gasteiger partial charge in [0.1, 0.15) is 6.10 Å². The fourth-order valence-electron chi connectivity index (χ4n) is 1.29. The van der Waals surface area contributed by atoms with Crippen LogP contribution in [0.5, 0.6) is 0 Å². The minimum Gasteiger partial charge on any atom is -0.392 e. The van der Waals surface area contributed by atoms with Crippen molar-refractivity contribution >= 4 is 5.78 Å². The second-order valence-electron chi connectivity index (χ2n) is 3.32. The van der Waals surface area contributed by atoms with E-state index in [0.29, 0.717) is 25.1 Å². The molecule has 0 radical (unpaired) electrons. The standard InChI is InChI=1S/C9H15NO3/c1-10-4-2-7(6-11)9(13)8(12)3-5-10/h2,8,11-12H,3-6H2,1H3. The van der Waals surface area contributed by atoms with E-state index in [-0.39, 0.29) is 12.4 Å². The van der Waals surface area contributed by atoms with Gasteiger partial charge in [-0.25, -0.2) is 0 Å². The molecule has 1 heterocycles. The van der Waals surface area contributed by atoms with Crippen molar-refractivity contribution in [2.75, 3.05) is 26.7 Å². The van der Waals surface area contributed by atoms with Crippen LogP contribution in [0.25, 0.3) is 0 Å². The molecule has 1 aliphatic rings. The summed E-state index contributed by atoms with van der Waals surface area (Å²) in [6.07, 6.45) is 1.15. The third-order valence-electron chi connectivity index (χ3n) is 2.22. The molecule has 0 aromatic carbocycles. The highest BCUT2D eigenvalue weighted by Gasteiger charge is 2.21. The molecule has 0 aromatic rings. The number of Topliss-reactive ketones (excluding diaryl/α,β-unsaturated/α-hetero) is 1. The van der Waals surface area contributed by atoms with E-state index < -0.39 is 6.10 Å². The number of likely N-dealkylation sites (N-methyl/N-ethyl adjacent to an activating group) is 1. The maximum atomic E-state index is 11.3. The summed E-state index contributed by atoms with van der Waals surface area (Å²) in [5.74, 6) is -0.337. The van der Waals surface area contributed by atoms with Gasteiger partial charge < -0.3 is 15.1 Å². The normalized spacial score (nSPS) is 26.5. The average Bonchev–Trinajstić information content (AvgIpc) is 2.13. The predicted molar refractivity (Wildman–Crippen MR) is 48.3 cm³/mol. The second-order valence-corrected chi connectivity index (χ2v) is 3.32. The van der Waals surface area contributed by atoms with Crippen molar-refractivity contribution in [1.82, 2.24) is 4.90 Å². The molecule has 0 fully saturated rings. The number of hydrogen-bond donors (Lipinski definition) is 2. The van der Waals surface area contributed by atoms with Crippen molar-refractivity contribution in [2.45, 2.75) is 12.5 Å². The number of aliphatic hydroxyl groups is 2. The summed E-state index contributed by atoms with van der Waals surface area (Å²) in [7, 11) is 1.91. The van der Waals surface area contributed by atoms with Gasteiger partial charge in [0, 0.05) is 18.7 Å². The maximum absolute atomic E-state index is 11.3. The Morgan fingerprint density at radius 3 is 3.00 bits per heavy atom. The Bertz CT molecular complexity index is 225. The van der Waals surface area contributed by atoms with Crippen LogP contribution in [0.3, 0.4) is 0 Å². The van der Waals surface area contributed by atoms with Crippen LogP contribution in [0.1, 0.15) is 6.42 Å². The molecule has 0 saturated heterocycles. The Morgan fingerprint density at radius 1 is 1.69 bits per heavy atom. The van der Waals surface area contributed by atoms with Crippen LogP contribution in [0.4, 0.5) is 0 Å². The number of carbonyl (C=O) groups excluding carboxylic acids is 1. The first-order valence-corrected chi connectivity index (χ1v) is 4.36. The van der Waals surface area contributed by atoms with E-state index in [2.05, 4.69) is 0 Å². The van der Waals surface area contributed by atoms with Gasteiger partial charge in [0.2, 0.25) is 0 Å². The molecule has 0 bridgehead atoms. The van der Waals surface area contributed by atoms with Crippen molar-refractivity contribution in [3.8, 4) is 0 Å². The summed E-state index contributed by atoms with van der Waals surface area (Å²) < 4.78 is 0. The average molecular weight is 185 g/mol. The van der Waals surface area contributed by atoms with Gasteiger partial charge in [-0.1, -0.05) is 6.08 Å². The first-order valence-electron chi connectivity index (χ1n) is 4.36. The number of carbonyl (C=O) groups is 1. The molecule has 1 rings (SSSR count). The highest BCUT2D eigenvalue weighted by molar-refractivity contribution is 5.98. The first-order chi connectivity index (χ1) is 6.15. The van der Waals surface area contributed by atoms with Gasteiger partial charge in [-0.05, 0) is 13.5 Å². The molecule has 1 aliphatic heterocycles. The van der Waals surface area contributed by atoms with Crippen LogP contribution >= 0.6 is 0 Å². The van der Waals surface area contributed by atoms with E-state index in [1.54, 1.807) is 6.08 Å². The van der Waals surface area contributed by atoms with Crippen molar-refractivity contribution in [3.05, 3.63) is 11.6 Å². The molecular weight excluding hydrogens is 170 g/mol. The number of rotatable bonds is 1. The smallest absolute Gasteiger partial charge is 0.189 e. The van der Waals surface area contributed by atoms with Crippen molar-refractivity contribution in [1.29, 1.82) is 0 Å². The molecule has 0 saturated carbocycles. The molecule has 2 N–H and O–H groups in total. The van der Waals surface area contributed by atoms with Crippen LogP contribution in [0.2, 0.25) is 0 Å². The second kappa shape index (κ2) is 4.50. The number of ketones is 1. The van der Waals surface area contributed by atoms with E-state index in [0.717, 1.165) is 0 Å². The van der Waals surface area contributed by atoms with Gasteiger partial charge in [0.25, 0.3) is 0 Å². The summed E-state index contributed by atoms with van der Waals surface area (Å²) in [6, 6.07) is 0. The third-order valence-corrected chi connectivity index (χ3v) is 2.22. The van der Waals surface area contributed by atoms with Crippen LogP contribution in [-0.4, -0.2) is 53.7 Å². The first kappa shape index (κ1) is 10.4. The highest BCUT2D eigenvalue weighted by atomic mass is 16.3. The summed E-state index contributed by atoms with van der Waals surface area (Å²) in [5, 5.41) is 18.2. The highest BCUT2D eigenvalue weighted by Crippen LogP contribution is 2.08. The van der Waals surface area contributed by atoms with Gasteiger partial charge >= 0.3 is 0 Å². The van der Waals surface area contributed by atoms with Gasteiger partial charge in [-0.15, -0.1) is 0 Å². The monoisotopic (exact) mass is 185 g/mol. The Morgan fingerprint density at radius 2 is 2.38 bits per heavy atom. The quantitative estimate of drug-likeness (QED) is 0.560. The minimum atomic E-state index is -0.957. The molecule has 1 atom stereocenters. The number of nitrogens with zero attached hydrogens (tertiary/aromatic N) is 1. The summed E-state index contributed by atoms with van der Waals surface area (Å²) >= 11 is 0. The SMILES string of the molecule is CN1CC=C(CO)C(=O)C(O)CC1. The molecule has 74 valence electrons. The lowest BCUT2D eigenvalue weighted by Gasteiger charge is -2.20. The fourth-order valence-corrected chi connectivity index (χ4v) is 1.29. The van der Waals surface area contributed by atoms with E-state index in [9.17, 15) is 9.90 Å². The van der Waals surface area contributed by atoms with Crippen molar-refractivity contribution in [2.24, 2.45) is 0 Å². The van der Waals surface area contributed by atoms with Crippen LogP contribution in [0.15, 0.2) is 11.6 Å². The zero-order valence-corrected chi connectivity index (χ0v) is 7.73. The molecular formula is C9H15NO3. The Balaban J connectivity index is 2.77. The number of aliphatic hydroxyl groups excluding tert-OH is 2. The van der Waals surface area contributed by atoms with E-state index in [1.807, 2.05) is 11.9 Å². The summed E-state index contributed by atoms with van der Waals surface area (Å²) in [5.41, 5.74) is 0.319. The maximum Gasteiger partial charge on any atom is 0.189 e. The molecule has 0 aromatic heterocycles. The van der Waals surface area contributed by atoms with E-state index in [4.69, 9.17) is 5.11 Å². The molecule has 1 unspecified atom stereocenters. The lowest BCUT2D eigenvalue weighted by Crippen LogP contribution is -2.32. The van der Waals surface area contributed by atoms with Crippen LogP contribution < -0.4 is 0 Å². The van der Waals surface area contributed by atoms with E-state index >= 15 is 0 Å². The molecule has 13 heavy (non-hydrogen) atoms. The van der Waals surface area contributed by atoms with Gasteiger partial charge in [-0.2, -0.15) is 0 Å². The van der Waals surface area contributed by atoms with Gasteiger partial charge in [0.15, 0.2) is 5.78 Å². The topological polar surface area (TPSA) is 60.8 Å². The molecule has 4 nitrogen and oxygen atoms in total. The fraction of sp³-hybridized carbons (Fsp3) is 0.667. The predicted octanol–water partition coefficient (Wildman–Crippen LogP) is -0.829. The zero-order chi connectivity index (χ0) is 9.84. The Kier molecular flexibility index (Phi) is 3.59. The molecule has 0 amide bonds. The van der Waals surface area contributed by atoms with Crippen molar-refractivity contribution in [3.63, 3.8) is 0 Å². The molecule has 0 aliphatic carbocycles. The van der Waals surface area contributed by atoms with Gasteiger partial charge in [-0.3, -0.25) is 4.79 Å². The lowest BCUT2D eigenvalue weighted by atomic mass is 10.0. The largest absolute Gasteiger partial charge is 0.392 e. The molecule has 4 heteroatoms. The van der Waals surface area contributed by atoms with Gasteiger partial charge in [0.05, 0.1) is 6.61 Å². The van der Waals surface area contributed by atoms with Crippen LogP contribution in [-0.2, 0) is 4.79 Å². The Hall–Kier alpha value is -0.710. The zero-order valence-electron chi connectivity index (χ0n) is 7.73. The Labute approximate surface area is 77.5 Å². The summed E-state index contributed by atoms with van der Waals surface area (Å²) in [4.78, 5) is 13.3. The summed E-state index contributed by atoms with van der Waals surface area (Å²) in [6.45, 7) is 1.06. The molecule has 0 spiro atoms. The third kappa shape index (κ3) is 2.62. The van der Waals surface area contributed by atoms with Crippen LogP contribution in [0, 0.1) is 0 Å². The van der Waals surface area contributed by atoms with Crippen molar-refractivity contribution < 1.29 is 15.0 Å².